The lowest BCUT2D eigenvalue weighted by Gasteiger charge is -2.39. The zero-order chi connectivity index (χ0) is 39.4. The molecule has 0 spiro atoms. The van der Waals surface area contributed by atoms with E-state index in [0.29, 0.717) is 0 Å². The highest BCUT2D eigenvalue weighted by atomic mass is 32.1. The molecule has 0 fully saturated rings. The summed E-state index contributed by atoms with van der Waals surface area (Å²) in [6.07, 6.45) is 17.4. The van der Waals surface area contributed by atoms with Gasteiger partial charge in [-0.15, -0.1) is 12.6 Å². The van der Waals surface area contributed by atoms with Crippen molar-refractivity contribution in [2.45, 2.75) is 50.4 Å². The maximum atomic E-state index is 4.96. The molecule has 0 aliphatic heterocycles. The number of benzene rings is 6. The van der Waals surface area contributed by atoms with Gasteiger partial charge in [0, 0.05) is 27.3 Å². The summed E-state index contributed by atoms with van der Waals surface area (Å²) in [5, 5.41) is 3.95. The largest absolute Gasteiger partial charge is 0.355 e. The molecular formula is C56H47NS. The van der Waals surface area contributed by atoms with Crippen LogP contribution in [-0.4, -0.2) is 0 Å². The van der Waals surface area contributed by atoms with Crippen LogP contribution < -0.4 is 5.32 Å². The van der Waals surface area contributed by atoms with Crippen molar-refractivity contribution in [2.75, 3.05) is 5.32 Å². The number of hydrogen-bond donors (Lipinski definition) is 2. The second-order valence-corrected chi connectivity index (χ2v) is 17.0. The topological polar surface area (TPSA) is 12.0 Å². The van der Waals surface area contributed by atoms with Crippen LogP contribution in [0.2, 0.25) is 0 Å². The molecule has 2 heteroatoms. The SMILES string of the molecule is C=C/C=C(\S)c1cc(Nc2ccccc2C2=CCCC3=C2c2ccccc2C3(C2=CC=CCC2)c2ccccc2)cc(-c2ccc3c(c2)C(C)(C)c2ccccc2-3)c1. The summed E-state index contributed by atoms with van der Waals surface area (Å²) in [5.41, 5.74) is 21.5. The van der Waals surface area contributed by atoms with E-state index in [9.17, 15) is 0 Å². The van der Waals surface area contributed by atoms with Crippen LogP contribution in [0.1, 0.15) is 78.5 Å². The third-order valence-corrected chi connectivity index (χ3v) is 13.4. The van der Waals surface area contributed by atoms with Gasteiger partial charge in [0.15, 0.2) is 0 Å². The highest BCUT2D eigenvalue weighted by Crippen LogP contribution is 2.61. The lowest BCUT2D eigenvalue weighted by Crippen LogP contribution is -2.32. The molecule has 0 amide bonds. The van der Waals surface area contributed by atoms with E-state index in [4.69, 9.17) is 12.6 Å². The molecule has 4 aliphatic rings. The van der Waals surface area contributed by atoms with Gasteiger partial charge in [0.25, 0.3) is 0 Å². The Labute approximate surface area is 349 Å². The van der Waals surface area contributed by atoms with Gasteiger partial charge in [-0.25, -0.2) is 0 Å². The van der Waals surface area contributed by atoms with E-state index in [1.54, 1.807) is 0 Å². The van der Waals surface area contributed by atoms with E-state index in [2.05, 4.69) is 190 Å². The summed E-state index contributed by atoms with van der Waals surface area (Å²) in [5.74, 6) is 0. The summed E-state index contributed by atoms with van der Waals surface area (Å²) in [4.78, 5) is 0.874. The van der Waals surface area contributed by atoms with E-state index in [-0.39, 0.29) is 10.8 Å². The van der Waals surface area contributed by atoms with Crippen molar-refractivity contribution < 1.29 is 0 Å². The first-order valence-corrected chi connectivity index (χ1v) is 21.1. The smallest absolute Gasteiger partial charge is 0.0639 e. The maximum absolute atomic E-state index is 4.96. The fraction of sp³-hybridized carbons (Fsp3) is 0.143. The summed E-state index contributed by atoms with van der Waals surface area (Å²) in [6.45, 7) is 8.67. The summed E-state index contributed by atoms with van der Waals surface area (Å²) < 4.78 is 0. The Morgan fingerprint density at radius 2 is 1.40 bits per heavy atom. The van der Waals surface area contributed by atoms with Crippen LogP contribution in [0.25, 0.3) is 38.3 Å². The molecule has 0 heterocycles. The zero-order valence-electron chi connectivity index (χ0n) is 33.2. The van der Waals surface area contributed by atoms with Gasteiger partial charge in [0.1, 0.15) is 0 Å². The van der Waals surface area contributed by atoms with Crippen molar-refractivity contribution in [1.82, 2.24) is 0 Å². The van der Waals surface area contributed by atoms with Crippen LogP contribution in [0.5, 0.6) is 0 Å². The molecule has 0 bridgehead atoms. The molecule has 0 aromatic heterocycles. The van der Waals surface area contributed by atoms with Gasteiger partial charge in [-0.2, -0.15) is 0 Å². The Bertz CT molecular complexity index is 2810. The lowest BCUT2D eigenvalue weighted by atomic mass is 9.63. The van der Waals surface area contributed by atoms with Crippen molar-refractivity contribution in [2.24, 2.45) is 0 Å². The maximum Gasteiger partial charge on any atom is 0.0639 e. The first kappa shape index (κ1) is 36.3. The van der Waals surface area contributed by atoms with Gasteiger partial charge >= 0.3 is 0 Å². The van der Waals surface area contributed by atoms with Gasteiger partial charge in [0.05, 0.1) is 5.41 Å². The standard InChI is InChI=1S/C56H47NS/c1-4-18-53(58)39-33-38(37-31-32-44-43-23-11-14-27-48(43)55(2,3)51(44)36-37)34-42(35-39)57-52-30-16-13-24-45(52)46-26-17-29-50-54(46)47-25-12-15-28-49(47)56(50,40-19-7-5-8-20-40)41-21-9-6-10-22-41/h4-9,11-16,18-21,23-28,30-36,57-58H,1,10,17,22,29H2,2-3H3/b53-18-. The minimum Gasteiger partial charge on any atom is -0.355 e. The molecule has 0 saturated heterocycles. The van der Waals surface area contributed by atoms with Crippen molar-refractivity contribution in [3.63, 3.8) is 0 Å². The van der Waals surface area contributed by atoms with E-state index in [1.807, 2.05) is 12.2 Å². The van der Waals surface area contributed by atoms with Gasteiger partial charge in [-0.05, 0) is 134 Å². The molecule has 1 unspecified atom stereocenters. The van der Waals surface area contributed by atoms with E-state index < -0.39 is 0 Å². The molecule has 1 atom stereocenters. The van der Waals surface area contributed by atoms with Crippen LogP contribution in [0.3, 0.4) is 0 Å². The van der Waals surface area contributed by atoms with Crippen LogP contribution in [0.15, 0.2) is 194 Å². The number of nitrogens with one attached hydrogen (secondary N) is 1. The van der Waals surface area contributed by atoms with Crippen LogP contribution in [-0.2, 0) is 10.8 Å². The van der Waals surface area contributed by atoms with E-state index in [1.165, 1.54) is 72.4 Å². The molecule has 6 aromatic carbocycles. The number of fused-ring (bicyclic) bond motifs is 5. The third-order valence-electron chi connectivity index (χ3n) is 13.0. The fourth-order valence-corrected chi connectivity index (χ4v) is 10.7. The van der Waals surface area contributed by atoms with Crippen LogP contribution in [0, 0.1) is 0 Å². The number of rotatable bonds is 8. The molecule has 58 heavy (non-hydrogen) atoms. The minimum atomic E-state index is -0.296. The van der Waals surface area contributed by atoms with Gasteiger partial charge in [0.2, 0.25) is 0 Å². The second-order valence-electron chi connectivity index (χ2n) is 16.5. The predicted molar refractivity (Wildman–Crippen MR) is 251 cm³/mol. The highest BCUT2D eigenvalue weighted by molar-refractivity contribution is 7.90. The highest BCUT2D eigenvalue weighted by Gasteiger charge is 2.49. The van der Waals surface area contributed by atoms with Crippen molar-refractivity contribution in [1.29, 1.82) is 0 Å². The first-order valence-electron chi connectivity index (χ1n) is 20.6. The minimum absolute atomic E-state index is 0.0839. The molecule has 0 saturated carbocycles. The molecule has 10 rings (SSSR count). The predicted octanol–water partition coefficient (Wildman–Crippen LogP) is 15.1. The molecule has 1 nitrogen and oxygen atoms in total. The fourth-order valence-electron chi connectivity index (χ4n) is 10.4. The average molecular weight is 766 g/mol. The van der Waals surface area contributed by atoms with E-state index in [0.717, 1.165) is 53.1 Å². The molecule has 0 radical (unpaired) electrons. The Balaban J connectivity index is 1.10. The Morgan fingerprint density at radius 1 is 0.672 bits per heavy atom. The normalized spacial score (nSPS) is 18.8. The van der Waals surface area contributed by atoms with Crippen LogP contribution >= 0.6 is 12.6 Å². The monoisotopic (exact) mass is 765 g/mol. The summed E-state index contributed by atoms with van der Waals surface area (Å²) in [6, 6.07) is 51.9. The van der Waals surface area contributed by atoms with Crippen molar-refractivity contribution >= 4 is 40.1 Å². The number of allylic oxidation sites excluding steroid dienone is 10. The number of hydrogen-bond acceptors (Lipinski definition) is 2. The molecule has 4 aliphatic carbocycles. The number of thiol groups is 1. The second kappa shape index (κ2) is 14.4. The quantitative estimate of drug-likeness (QED) is 0.116. The van der Waals surface area contributed by atoms with Gasteiger partial charge in [-0.3, -0.25) is 0 Å². The number of anilines is 2. The average Bonchev–Trinajstić information content (AvgIpc) is 3.70. The van der Waals surface area contributed by atoms with Crippen LogP contribution in [0.4, 0.5) is 11.4 Å². The Kier molecular flexibility index (Phi) is 8.99. The Hall–Kier alpha value is -6.09. The summed E-state index contributed by atoms with van der Waals surface area (Å²) in [7, 11) is 0. The lowest BCUT2D eigenvalue weighted by molar-refractivity contribution is 0.645. The van der Waals surface area contributed by atoms with Crippen molar-refractivity contribution in [3.05, 3.63) is 233 Å². The van der Waals surface area contributed by atoms with Gasteiger partial charge < -0.3 is 5.32 Å². The van der Waals surface area contributed by atoms with Crippen molar-refractivity contribution in [3.8, 4) is 22.3 Å². The molecular weight excluding hydrogens is 719 g/mol. The Morgan fingerprint density at radius 3 is 2.19 bits per heavy atom. The van der Waals surface area contributed by atoms with Gasteiger partial charge in [-0.1, -0.05) is 166 Å². The summed E-state index contributed by atoms with van der Waals surface area (Å²) >= 11 is 4.96. The zero-order valence-corrected chi connectivity index (χ0v) is 34.1. The first-order chi connectivity index (χ1) is 28.4. The molecule has 282 valence electrons. The molecule has 1 N–H and O–H groups in total. The van der Waals surface area contributed by atoms with E-state index >= 15 is 0 Å². The third kappa shape index (κ3) is 5.69. The number of para-hydroxylation sites is 1. The molecule has 6 aromatic rings.